The highest BCUT2D eigenvalue weighted by Crippen LogP contribution is 2.45. The fourth-order valence-electron chi connectivity index (χ4n) is 1.89. The number of carbonyl (C=O) groups excluding carboxylic acids is 1. The summed E-state index contributed by atoms with van der Waals surface area (Å²) in [5, 5.41) is 11.7. The Morgan fingerprint density at radius 3 is 2.73 bits per heavy atom. The normalized spacial score (nSPS) is 31.2. The molecule has 0 saturated heterocycles. The fraction of sp³-hybridized carbons (Fsp3) is 0.818. The highest BCUT2D eigenvalue weighted by atomic mass is 16.5. The first-order valence-corrected chi connectivity index (χ1v) is 5.54. The molecule has 2 saturated carbocycles. The van der Waals surface area contributed by atoms with Gasteiger partial charge < -0.3 is 10.1 Å². The molecule has 4 nitrogen and oxygen atoms in total. The molecule has 0 aromatic carbocycles. The van der Waals surface area contributed by atoms with Gasteiger partial charge in [-0.1, -0.05) is 0 Å². The van der Waals surface area contributed by atoms with Crippen molar-refractivity contribution < 1.29 is 9.53 Å². The first-order valence-electron chi connectivity index (χ1n) is 5.54. The van der Waals surface area contributed by atoms with Crippen molar-refractivity contribution in [2.24, 2.45) is 5.41 Å². The molecule has 0 aliphatic heterocycles. The van der Waals surface area contributed by atoms with Gasteiger partial charge in [0.15, 0.2) is 0 Å². The standard InChI is InChI=1S/C11H16N2O2/c1-2-15-9-5-8(6-9)13-10(14)11(7-12)3-4-11/h8-9H,2-6H2,1H3,(H,13,14). The Morgan fingerprint density at radius 1 is 1.60 bits per heavy atom. The number of amides is 1. The molecule has 4 heteroatoms. The van der Waals surface area contributed by atoms with E-state index in [4.69, 9.17) is 10.00 Å². The SMILES string of the molecule is CCOC1CC(NC(=O)C2(C#N)CC2)C1. The Labute approximate surface area is 89.6 Å². The van der Waals surface area contributed by atoms with Gasteiger partial charge in [-0.3, -0.25) is 4.79 Å². The molecule has 2 fully saturated rings. The molecule has 2 aliphatic rings. The van der Waals surface area contributed by atoms with E-state index in [-0.39, 0.29) is 11.9 Å². The predicted molar refractivity (Wildman–Crippen MR) is 53.9 cm³/mol. The summed E-state index contributed by atoms with van der Waals surface area (Å²) in [5.74, 6) is -0.0788. The lowest BCUT2D eigenvalue weighted by atomic mass is 9.88. The second-order valence-corrected chi connectivity index (χ2v) is 4.41. The third-order valence-corrected chi connectivity index (χ3v) is 3.23. The Morgan fingerprint density at radius 2 is 2.27 bits per heavy atom. The third-order valence-electron chi connectivity index (χ3n) is 3.23. The third kappa shape index (κ3) is 1.98. The average Bonchev–Trinajstić information content (AvgIpc) is 2.95. The Hall–Kier alpha value is -1.08. The van der Waals surface area contributed by atoms with Gasteiger partial charge in [0.2, 0.25) is 5.91 Å². The van der Waals surface area contributed by atoms with Crippen LogP contribution in [0, 0.1) is 16.7 Å². The van der Waals surface area contributed by atoms with Crippen molar-refractivity contribution in [2.75, 3.05) is 6.61 Å². The van der Waals surface area contributed by atoms with Crippen LogP contribution in [0.5, 0.6) is 0 Å². The van der Waals surface area contributed by atoms with E-state index in [1.165, 1.54) is 0 Å². The molecule has 0 aromatic heterocycles. The number of nitrogens with zero attached hydrogens (tertiary/aromatic N) is 1. The average molecular weight is 208 g/mol. The number of carbonyl (C=O) groups is 1. The Kier molecular flexibility index (Phi) is 2.66. The van der Waals surface area contributed by atoms with E-state index in [0.29, 0.717) is 6.10 Å². The Bertz CT molecular complexity index is 298. The minimum atomic E-state index is -0.684. The predicted octanol–water partition coefficient (Wildman–Crippen LogP) is 0.974. The van der Waals surface area contributed by atoms with E-state index in [2.05, 4.69) is 11.4 Å². The maximum Gasteiger partial charge on any atom is 0.240 e. The molecule has 0 atom stereocenters. The number of rotatable bonds is 4. The topological polar surface area (TPSA) is 62.1 Å². The van der Waals surface area contributed by atoms with Crippen molar-refractivity contribution in [3.63, 3.8) is 0 Å². The van der Waals surface area contributed by atoms with Gasteiger partial charge in [-0.25, -0.2) is 0 Å². The van der Waals surface area contributed by atoms with Crippen LogP contribution in [0.1, 0.15) is 32.6 Å². The van der Waals surface area contributed by atoms with Gasteiger partial charge in [-0.2, -0.15) is 5.26 Å². The number of hydrogen-bond donors (Lipinski definition) is 1. The summed E-state index contributed by atoms with van der Waals surface area (Å²) >= 11 is 0. The van der Waals surface area contributed by atoms with Crippen LogP contribution in [0.15, 0.2) is 0 Å². The number of nitrogens with one attached hydrogen (secondary N) is 1. The largest absolute Gasteiger partial charge is 0.378 e. The number of nitriles is 1. The van der Waals surface area contributed by atoms with E-state index in [9.17, 15) is 4.79 Å². The van der Waals surface area contributed by atoms with Crippen LogP contribution >= 0.6 is 0 Å². The lowest BCUT2D eigenvalue weighted by Crippen LogP contribution is -2.49. The molecular weight excluding hydrogens is 192 g/mol. The van der Waals surface area contributed by atoms with Gasteiger partial charge in [0, 0.05) is 12.6 Å². The maximum atomic E-state index is 11.7. The zero-order valence-corrected chi connectivity index (χ0v) is 8.95. The zero-order chi connectivity index (χ0) is 10.9. The molecular formula is C11H16N2O2. The van der Waals surface area contributed by atoms with Gasteiger partial charge in [-0.15, -0.1) is 0 Å². The van der Waals surface area contributed by atoms with Gasteiger partial charge >= 0.3 is 0 Å². The highest BCUT2D eigenvalue weighted by molar-refractivity contribution is 5.88. The molecule has 0 bridgehead atoms. The summed E-state index contributed by atoms with van der Waals surface area (Å²) in [4.78, 5) is 11.7. The summed E-state index contributed by atoms with van der Waals surface area (Å²) in [5.41, 5.74) is -0.684. The lowest BCUT2D eigenvalue weighted by molar-refractivity contribution is -0.127. The summed E-state index contributed by atoms with van der Waals surface area (Å²) in [7, 11) is 0. The summed E-state index contributed by atoms with van der Waals surface area (Å²) in [6.45, 7) is 2.70. The van der Waals surface area contributed by atoms with Crippen LogP contribution in [0.2, 0.25) is 0 Å². The van der Waals surface area contributed by atoms with Crippen molar-refractivity contribution in [1.29, 1.82) is 5.26 Å². The first kappa shape index (κ1) is 10.4. The molecule has 0 aromatic rings. The zero-order valence-electron chi connectivity index (χ0n) is 8.95. The van der Waals surface area contributed by atoms with Crippen LogP contribution in [-0.2, 0) is 9.53 Å². The maximum absolute atomic E-state index is 11.7. The Balaban J connectivity index is 1.72. The van der Waals surface area contributed by atoms with Crippen LogP contribution in [0.4, 0.5) is 0 Å². The molecule has 1 N–H and O–H groups in total. The smallest absolute Gasteiger partial charge is 0.240 e. The van der Waals surface area contributed by atoms with Crippen molar-refractivity contribution >= 4 is 5.91 Å². The van der Waals surface area contributed by atoms with Crippen molar-refractivity contribution in [3.8, 4) is 6.07 Å². The fourth-order valence-corrected chi connectivity index (χ4v) is 1.89. The molecule has 82 valence electrons. The molecule has 2 rings (SSSR count). The van der Waals surface area contributed by atoms with Crippen LogP contribution < -0.4 is 5.32 Å². The monoisotopic (exact) mass is 208 g/mol. The van der Waals surface area contributed by atoms with Crippen LogP contribution in [-0.4, -0.2) is 24.7 Å². The van der Waals surface area contributed by atoms with E-state index < -0.39 is 5.41 Å². The van der Waals surface area contributed by atoms with Gasteiger partial charge in [0.1, 0.15) is 5.41 Å². The van der Waals surface area contributed by atoms with E-state index in [1.807, 2.05) is 6.92 Å². The van der Waals surface area contributed by atoms with E-state index >= 15 is 0 Å². The van der Waals surface area contributed by atoms with Crippen molar-refractivity contribution in [2.45, 2.75) is 44.8 Å². The van der Waals surface area contributed by atoms with Gasteiger partial charge in [-0.05, 0) is 32.6 Å². The van der Waals surface area contributed by atoms with Crippen LogP contribution in [0.3, 0.4) is 0 Å². The van der Waals surface area contributed by atoms with Crippen molar-refractivity contribution in [3.05, 3.63) is 0 Å². The van der Waals surface area contributed by atoms with E-state index in [1.54, 1.807) is 0 Å². The second kappa shape index (κ2) is 3.82. The lowest BCUT2D eigenvalue weighted by Gasteiger charge is -2.35. The van der Waals surface area contributed by atoms with Gasteiger partial charge in [0.25, 0.3) is 0 Å². The molecule has 15 heavy (non-hydrogen) atoms. The molecule has 1 amide bonds. The number of ether oxygens (including phenoxy) is 1. The molecule has 0 radical (unpaired) electrons. The van der Waals surface area contributed by atoms with Crippen molar-refractivity contribution in [1.82, 2.24) is 5.32 Å². The minimum absolute atomic E-state index is 0.0788. The summed E-state index contributed by atoms with van der Waals surface area (Å²) in [6, 6.07) is 2.32. The highest BCUT2D eigenvalue weighted by Gasteiger charge is 2.51. The number of hydrogen-bond acceptors (Lipinski definition) is 3. The van der Waals surface area contributed by atoms with Gasteiger partial charge in [0.05, 0.1) is 12.2 Å². The summed E-state index contributed by atoms with van der Waals surface area (Å²) < 4.78 is 5.40. The quantitative estimate of drug-likeness (QED) is 0.749. The summed E-state index contributed by atoms with van der Waals surface area (Å²) in [6.07, 6.45) is 3.52. The first-order chi connectivity index (χ1) is 7.20. The molecule has 2 aliphatic carbocycles. The molecule has 0 unspecified atom stereocenters. The van der Waals surface area contributed by atoms with Crippen LogP contribution in [0.25, 0.3) is 0 Å². The second-order valence-electron chi connectivity index (χ2n) is 4.41. The molecule has 0 spiro atoms. The van der Waals surface area contributed by atoms with E-state index in [0.717, 1.165) is 32.3 Å². The molecule has 0 heterocycles. The minimum Gasteiger partial charge on any atom is -0.378 e.